The second kappa shape index (κ2) is 6.13. The van der Waals surface area contributed by atoms with Crippen LogP contribution in [0, 0.1) is 0 Å². The van der Waals surface area contributed by atoms with Crippen LogP contribution >= 0.6 is 0 Å². The maximum absolute atomic E-state index is 10.9. The minimum absolute atomic E-state index is 0.237. The molecule has 1 rings (SSSR count). The first-order valence-corrected chi connectivity index (χ1v) is 5.42. The van der Waals surface area contributed by atoms with E-state index in [9.17, 15) is 19.8 Å². The highest BCUT2D eigenvalue weighted by atomic mass is 16.3. The Morgan fingerprint density at radius 2 is 2.06 bits per heavy atom. The van der Waals surface area contributed by atoms with E-state index in [0.29, 0.717) is 11.3 Å². The maximum Gasteiger partial charge on any atom is 0.221 e. The lowest BCUT2D eigenvalue weighted by Gasteiger charge is -2.17. The quantitative estimate of drug-likeness (QED) is 0.586. The molecule has 1 aromatic carbocycles. The molecule has 98 valence electrons. The molecule has 0 heterocycles. The zero-order valence-corrected chi connectivity index (χ0v) is 9.96. The van der Waals surface area contributed by atoms with Gasteiger partial charge in [-0.05, 0) is 17.7 Å². The number of carbonyl (C=O) groups excluding carboxylic acids is 2. The highest BCUT2D eigenvalue weighted by Gasteiger charge is 2.20. The van der Waals surface area contributed by atoms with Crippen molar-refractivity contribution in [3.05, 3.63) is 29.8 Å². The number of benzene rings is 1. The Bertz CT molecular complexity index is 447. The number of primary amides is 1. The number of anilines is 1. The molecule has 0 aliphatic rings. The molecule has 0 spiro atoms. The van der Waals surface area contributed by atoms with Crippen molar-refractivity contribution in [3.8, 4) is 0 Å². The molecule has 0 fully saturated rings. The normalized spacial score (nSPS) is 13.7. The zero-order chi connectivity index (χ0) is 13.7. The zero-order valence-electron chi connectivity index (χ0n) is 9.96. The molecule has 1 aromatic rings. The number of carbonyl (C=O) groups is 2. The summed E-state index contributed by atoms with van der Waals surface area (Å²) in [7, 11) is 0. The average molecular weight is 252 g/mol. The van der Waals surface area contributed by atoms with Crippen LogP contribution in [-0.2, 0) is 9.59 Å². The molecule has 0 radical (unpaired) electrons. The molecule has 2 amide bonds. The smallest absolute Gasteiger partial charge is 0.221 e. The molecule has 6 nitrogen and oxygen atoms in total. The summed E-state index contributed by atoms with van der Waals surface area (Å²) in [6.45, 7) is 1.37. The van der Waals surface area contributed by atoms with Crippen LogP contribution < -0.4 is 11.1 Å². The Kier molecular flexibility index (Phi) is 4.82. The van der Waals surface area contributed by atoms with Gasteiger partial charge in [-0.25, -0.2) is 0 Å². The van der Waals surface area contributed by atoms with Gasteiger partial charge in [-0.15, -0.1) is 0 Å². The molecular weight excluding hydrogens is 236 g/mol. The number of hydrogen-bond acceptors (Lipinski definition) is 4. The van der Waals surface area contributed by atoms with Crippen LogP contribution in [0.5, 0.6) is 0 Å². The molecule has 0 aliphatic heterocycles. The Hall–Kier alpha value is -1.92. The van der Waals surface area contributed by atoms with Crippen molar-refractivity contribution in [2.24, 2.45) is 5.73 Å². The van der Waals surface area contributed by atoms with E-state index in [0.717, 1.165) is 0 Å². The van der Waals surface area contributed by atoms with Gasteiger partial charge in [0.05, 0.1) is 12.5 Å². The monoisotopic (exact) mass is 252 g/mol. The molecule has 0 aliphatic carbocycles. The lowest BCUT2D eigenvalue weighted by molar-refractivity contribution is -0.121. The molecule has 0 bridgehead atoms. The summed E-state index contributed by atoms with van der Waals surface area (Å²) >= 11 is 0. The standard InChI is InChI=1S/C12H16N2O4/c1-7(15)14-9-4-2-3-8(5-9)12(18)10(16)6-11(13)17/h2-5,10,12,16,18H,6H2,1H3,(H2,13,17)(H,14,15). The minimum atomic E-state index is -1.27. The van der Waals surface area contributed by atoms with Crippen molar-refractivity contribution in [3.63, 3.8) is 0 Å². The van der Waals surface area contributed by atoms with Crippen LogP contribution in [0.2, 0.25) is 0 Å². The Morgan fingerprint density at radius 3 is 2.61 bits per heavy atom. The molecule has 0 saturated carbocycles. The van der Waals surface area contributed by atoms with E-state index in [4.69, 9.17) is 5.73 Å². The molecule has 6 heteroatoms. The van der Waals surface area contributed by atoms with Gasteiger partial charge in [-0.1, -0.05) is 12.1 Å². The van der Waals surface area contributed by atoms with Gasteiger partial charge in [-0.3, -0.25) is 9.59 Å². The summed E-state index contributed by atoms with van der Waals surface area (Å²) in [4.78, 5) is 21.5. The topological polar surface area (TPSA) is 113 Å². The van der Waals surface area contributed by atoms with Crippen molar-refractivity contribution < 1.29 is 19.8 Å². The average Bonchev–Trinajstić information content (AvgIpc) is 2.26. The van der Waals surface area contributed by atoms with Gasteiger partial charge in [0.25, 0.3) is 0 Å². The highest BCUT2D eigenvalue weighted by molar-refractivity contribution is 5.88. The van der Waals surface area contributed by atoms with Gasteiger partial charge < -0.3 is 21.3 Å². The number of hydrogen-bond donors (Lipinski definition) is 4. The number of rotatable bonds is 5. The second-order valence-electron chi connectivity index (χ2n) is 3.99. The van der Waals surface area contributed by atoms with Gasteiger partial charge >= 0.3 is 0 Å². The second-order valence-corrected chi connectivity index (χ2v) is 3.99. The maximum atomic E-state index is 10.9. The minimum Gasteiger partial charge on any atom is -0.390 e. The van der Waals surface area contributed by atoms with Crippen LogP contribution in [-0.4, -0.2) is 28.1 Å². The van der Waals surface area contributed by atoms with Crippen molar-refractivity contribution in [2.75, 3.05) is 5.32 Å². The first-order valence-electron chi connectivity index (χ1n) is 5.42. The Balaban J connectivity index is 2.82. The summed E-state index contributed by atoms with van der Waals surface area (Å²) < 4.78 is 0. The number of amides is 2. The molecular formula is C12H16N2O4. The van der Waals surface area contributed by atoms with E-state index in [1.807, 2.05) is 0 Å². The van der Waals surface area contributed by atoms with E-state index in [2.05, 4.69) is 5.32 Å². The summed E-state index contributed by atoms with van der Waals surface area (Å²) in [6, 6.07) is 6.38. The lowest BCUT2D eigenvalue weighted by Crippen LogP contribution is -2.25. The third-order valence-corrected chi connectivity index (χ3v) is 2.32. The molecule has 0 aromatic heterocycles. The van der Waals surface area contributed by atoms with Crippen molar-refractivity contribution in [1.29, 1.82) is 0 Å². The van der Waals surface area contributed by atoms with Crippen molar-refractivity contribution in [2.45, 2.75) is 25.6 Å². The predicted octanol–water partition coefficient (Wildman–Crippen LogP) is -0.0853. The summed E-state index contributed by atoms with van der Waals surface area (Å²) in [5.74, 6) is -0.932. The fourth-order valence-electron chi connectivity index (χ4n) is 1.54. The fraction of sp³-hybridized carbons (Fsp3) is 0.333. The van der Waals surface area contributed by atoms with Gasteiger partial charge in [0.2, 0.25) is 11.8 Å². The highest BCUT2D eigenvalue weighted by Crippen LogP contribution is 2.21. The summed E-state index contributed by atoms with van der Waals surface area (Å²) in [5.41, 5.74) is 5.84. The number of nitrogens with one attached hydrogen (secondary N) is 1. The van der Waals surface area contributed by atoms with Crippen LogP contribution in [0.25, 0.3) is 0 Å². The largest absolute Gasteiger partial charge is 0.390 e. The molecule has 2 atom stereocenters. The SMILES string of the molecule is CC(=O)Nc1cccc(C(O)C(O)CC(N)=O)c1. The molecule has 5 N–H and O–H groups in total. The Morgan fingerprint density at radius 1 is 1.39 bits per heavy atom. The van der Waals surface area contributed by atoms with Gasteiger partial charge in [0, 0.05) is 12.6 Å². The molecule has 0 saturated heterocycles. The third-order valence-electron chi connectivity index (χ3n) is 2.32. The fourth-order valence-corrected chi connectivity index (χ4v) is 1.54. The van der Waals surface area contributed by atoms with Gasteiger partial charge in [-0.2, -0.15) is 0 Å². The van der Waals surface area contributed by atoms with Crippen LogP contribution in [0.3, 0.4) is 0 Å². The van der Waals surface area contributed by atoms with E-state index < -0.39 is 18.1 Å². The predicted molar refractivity (Wildman–Crippen MR) is 65.5 cm³/mol. The van der Waals surface area contributed by atoms with Crippen molar-refractivity contribution in [1.82, 2.24) is 0 Å². The van der Waals surface area contributed by atoms with E-state index in [1.54, 1.807) is 18.2 Å². The van der Waals surface area contributed by atoms with E-state index >= 15 is 0 Å². The molecule has 18 heavy (non-hydrogen) atoms. The summed E-state index contributed by atoms with van der Waals surface area (Å²) in [6.07, 6.45) is -2.83. The summed E-state index contributed by atoms with van der Waals surface area (Å²) in [5, 5.41) is 22.0. The van der Waals surface area contributed by atoms with Crippen LogP contribution in [0.15, 0.2) is 24.3 Å². The van der Waals surface area contributed by atoms with E-state index in [-0.39, 0.29) is 12.3 Å². The molecule has 2 unspecified atom stereocenters. The van der Waals surface area contributed by atoms with E-state index in [1.165, 1.54) is 13.0 Å². The number of aliphatic hydroxyl groups excluding tert-OH is 2. The first-order chi connectivity index (χ1) is 8.40. The number of aliphatic hydroxyl groups is 2. The third kappa shape index (κ3) is 4.15. The number of nitrogens with two attached hydrogens (primary N) is 1. The first kappa shape index (κ1) is 14.1. The van der Waals surface area contributed by atoms with Crippen LogP contribution in [0.1, 0.15) is 25.0 Å². The van der Waals surface area contributed by atoms with Crippen molar-refractivity contribution >= 4 is 17.5 Å². The van der Waals surface area contributed by atoms with Crippen LogP contribution in [0.4, 0.5) is 5.69 Å². The van der Waals surface area contributed by atoms with Gasteiger partial charge in [0.1, 0.15) is 6.10 Å². The Labute approximate surface area is 104 Å². The van der Waals surface area contributed by atoms with Gasteiger partial charge in [0.15, 0.2) is 0 Å². The lowest BCUT2D eigenvalue weighted by atomic mass is 10.0.